The highest BCUT2D eigenvalue weighted by Gasteiger charge is 2.39. The quantitative estimate of drug-likeness (QED) is 0.887. The van der Waals surface area contributed by atoms with E-state index in [4.69, 9.17) is 26.6 Å². The van der Waals surface area contributed by atoms with Gasteiger partial charge in [-0.25, -0.2) is 0 Å². The number of aromatic nitrogens is 2. The van der Waals surface area contributed by atoms with Crippen molar-refractivity contribution < 1.29 is 9.26 Å². The van der Waals surface area contributed by atoms with Gasteiger partial charge in [-0.2, -0.15) is 4.98 Å². The van der Waals surface area contributed by atoms with Gasteiger partial charge in [0.15, 0.2) is 11.9 Å². The van der Waals surface area contributed by atoms with Crippen molar-refractivity contribution >= 4 is 24.0 Å². The molecule has 1 aliphatic rings. The first-order valence-electron chi connectivity index (χ1n) is 7.16. The highest BCUT2D eigenvalue weighted by molar-refractivity contribution is 6.32. The molecule has 7 heteroatoms. The monoisotopic (exact) mass is 343 g/mol. The van der Waals surface area contributed by atoms with Crippen LogP contribution in [0.25, 0.3) is 0 Å². The van der Waals surface area contributed by atoms with E-state index in [9.17, 15) is 0 Å². The van der Waals surface area contributed by atoms with Gasteiger partial charge in [-0.3, -0.25) is 0 Å². The summed E-state index contributed by atoms with van der Waals surface area (Å²) < 4.78 is 11.2. The number of halogens is 2. The first-order chi connectivity index (χ1) is 10.1. The van der Waals surface area contributed by atoms with E-state index in [2.05, 4.69) is 10.1 Å². The molecular formula is C15H19Cl2N3O2. The van der Waals surface area contributed by atoms with Crippen LogP contribution in [0.15, 0.2) is 28.8 Å². The highest BCUT2D eigenvalue weighted by Crippen LogP contribution is 2.38. The summed E-state index contributed by atoms with van der Waals surface area (Å²) in [5.74, 6) is 1.63. The van der Waals surface area contributed by atoms with Crippen LogP contribution in [-0.4, -0.2) is 10.1 Å². The maximum atomic E-state index is 6.21. The number of hydrogen-bond acceptors (Lipinski definition) is 5. The molecule has 1 aromatic carbocycles. The van der Waals surface area contributed by atoms with Gasteiger partial charge in [-0.05, 0) is 37.8 Å². The van der Waals surface area contributed by atoms with Crippen LogP contribution in [0.4, 0.5) is 0 Å². The molecule has 0 saturated heterocycles. The maximum Gasteiger partial charge on any atom is 0.267 e. The van der Waals surface area contributed by atoms with Crippen molar-refractivity contribution in [3.63, 3.8) is 0 Å². The summed E-state index contributed by atoms with van der Waals surface area (Å²) in [5.41, 5.74) is 5.78. The molecule has 0 bridgehead atoms. The Kier molecular flexibility index (Phi) is 5.32. The SMILES string of the molecule is CCC(Oc1ccccc1Cl)c1nc(C2(N)CCC2)no1.Cl. The summed E-state index contributed by atoms with van der Waals surface area (Å²) in [6.45, 7) is 1.99. The van der Waals surface area contributed by atoms with E-state index in [-0.39, 0.29) is 18.5 Å². The topological polar surface area (TPSA) is 74.2 Å². The largest absolute Gasteiger partial charge is 0.479 e. The Bertz CT molecular complexity index is 629. The lowest BCUT2D eigenvalue weighted by molar-refractivity contribution is 0.154. The Balaban J connectivity index is 0.00000176. The van der Waals surface area contributed by atoms with E-state index < -0.39 is 5.54 Å². The fourth-order valence-electron chi connectivity index (χ4n) is 2.35. The number of para-hydroxylation sites is 1. The number of rotatable bonds is 5. The predicted octanol–water partition coefficient (Wildman–Crippen LogP) is 4.01. The van der Waals surface area contributed by atoms with Gasteiger partial charge in [-0.15, -0.1) is 12.4 Å². The molecule has 1 heterocycles. The van der Waals surface area contributed by atoms with Gasteiger partial charge < -0.3 is 15.0 Å². The van der Waals surface area contributed by atoms with Crippen molar-refractivity contribution in [1.82, 2.24) is 10.1 Å². The molecule has 1 fully saturated rings. The molecule has 0 aliphatic heterocycles. The van der Waals surface area contributed by atoms with Gasteiger partial charge in [0.2, 0.25) is 0 Å². The second-order valence-electron chi connectivity index (χ2n) is 5.41. The van der Waals surface area contributed by atoms with Crippen molar-refractivity contribution in [3.8, 4) is 5.75 Å². The van der Waals surface area contributed by atoms with Crippen LogP contribution in [0.2, 0.25) is 5.02 Å². The fourth-order valence-corrected chi connectivity index (χ4v) is 2.53. The average Bonchev–Trinajstić information content (AvgIpc) is 2.94. The molecule has 2 aromatic rings. The van der Waals surface area contributed by atoms with Crippen LogP contribution in [-0.2, 0) is 5.54 Å². The van der Waals surface area contributed by atoms with E-state index in [0.717, 1.165) is 19.3 Å². The lowest BCUT2D eigenvalue weighted by Gasteiger charge is -2.34. The predicted molar refractivity (Wildman–Crippen MR) is 86.4 cm³/mol. The highest BCUT2D eigenvalue weighted by atomic mass is 35.5. The van der Waals surface area contributed by atoms with Gasteiger partial charge in [0.25, 0.3) is 5.89 Å². The molecule has 120 valence electrons. The summed E-state index contributed by atoms with van der Waals surface area (Å²) in [6.07, 6.45) is 3.27. The van der Waals surface area contributed by atoms with Gasteiger partial charge in [0, 0.05) is 0 Å². The van der Waals surface area contributed by atoms with Crippen molar-refractivity contribution in [2.24, 2.45) is 5.73 Å². The van der Waals surface area contributed by atoms with Crippen LogP contribution in [0, 0.1) is 0 Å². The molecule has 0 amide bonds. The maximum absolute atomic E-state index is 6.21. The molecule has 5 nitrogen and oxygen atoms in total. The van der Waals surface area contributed by atoms with Crippen molar-refractivity contribution in [2.75, 3.05) is 0 Å². The second-order valence-corrected chi connectivity index (χ2v) is 5.82. The van der Waals surface area contributed by atoms with E-state index >= 15 is 0 Å². The first-order valence-corrected chi connectivity index (χ1v) is 7.54. The molecule has 1 unspecified atom stereocenters. The van der Waals surface area contributed by atoms with Gasteiger partial charge in [-0.1, -0.05) is 35.8 Å². The summed E-state index contributed by atoms with van der Waals surface area (Å²) >= 11 is 6.11. The Labute approximate surface area is 140 Å². The minimum atomic E-state index is -0.426. The Hall–Kier alpha value is -1.30. The third kappa shape index (κ3) is 3.21. The molecule has 1 atom stereocenters. The number of hydrogen-bond donors (Lipinski definition) is 1. The third-order valence-corrected chi connectivity index (χ3v) is 4.20. The van der Waals surface area contributed by atoms with Crippen LogP contribution in [0.1, 0.15) is 50.4 Å². The van der Waals surface area contributed by atoms with Crippen molar-refractivity contribution in [3.05, 3.63) is 41.0 Å². The Morgan fingerprint density at radius 2 is 2.14 bits per heavy atom. The zero-order valence-electron chi connectivity index (χ0n) is 12.3. The molecule has 1 aliphatic carbocycles. The van der Waals surface area contributed by atoms with Gasteiger partial charge >= 0.3 is 0 Å². The second kappa shape index (κ2) is 6.86. The van der Waals surface area contributed by atoms with Crippen molar-refractivity contribution in [1.29, 1.82) is 0 Å². The molecule has 0 radical (unpaired) electrons. The van der Waals surface area contributed by atoms with E-state index in [1.165, 1.54) is 0 Å². The Morgan fingerprint density at radius 3 is 2.73 bits per heavy atom. The molecule has 1 aromatic heterocycles. The average molecular weight is 344 g/mol. The molecule has 0 spiro atoms. The molecular weight excluding hydrogens is 325 g/mol. The minimum Gasteiger partial charge on any atom is -0.479 e. The zero-order chi connectivity index (χ0) is 14.9. The number of nitrogens with two attached hydrogens (primary N) is 1. The first kappa shape index (κ1) is 17.1. The number of ether oxygens (including phenoxy) is 1. The summed E-state index contributed by atoms with van der Waals surface area (Å²) in [4.78, 5) is 4.43. The summed E-state index contributed by atoms with van der Waals surface area (Å²) in [6, 6.07) is 7.33. The van der Waals surface area contributed by atoms with Crippen LogP contribution < -0.4 is 10.5 Å². The van der Waals surface area contributed by atoms with Crippen molar-refractivity contribution in [2.45, 2.75) is 44.2 Å². The van der Waals surface area contributed by atoms with Crippen LogP contribution in [0.3, 0.4) is 0 Å². The lowest BCUT2D eigenvalue weighted by atomic mass is 9.77. The lowest BCUT2D eigenvalue weighted by Crippen LogP contribution is -2.44. The molecule has 3 rings (SSSR count). The summed E-state index contributed by atoms with van der Waals surface area (Å²) in [7, 11) is 0. The third-order valence-electron chi connectivity index (χ3n) is 3.88. The van der Waals surface area contributed by atoms with E-state index in [1.54, 1.807) is 6.07 Å². The van der Waals surface area contributed by atoms with Gasteiger partial charge in [0.05, 0.1) is 10.6 Å². The standard InChI is InChI=1S/C15H18ClN3O2.ClH/c1-2-11(20-12-7-4-3-6-10(12)16)13-18-14(19-21-13)15(17)8-5-9-15;/h3-4,6-7,11H,2,5,8-9,17H2,1H3;1H. The molecule has 22 heavy (non-hydrogen) atoms. The molecule has 1 saturated carbocycles. The smallest absolute Gasteiger partial charge is 0.267 e. The van der Waals surface area contributed by atoms with E-state index in [0.29, 0.717) is 28.9 Å². The van der Waals surface area contributed by atoms with Crippen LogP contribution in [0.5, 0.6) is 5.75 Å². The zero-order valence-corrected chi connectivity index (χ0v) is 13.9. The Morgan fingerprint density at radius 1 is 1.41 bits per heavy atom. The van der Waals surface area contributed by atoms with Crippen LogP contribution >= 0.6 is 24.0 Å². The summed E-state index contributed by atoms with van der Waals surface area (Å²) in [5, 5.41) is 4.58. The molecule has 2 N–H and O–H groups in total. The van der Waals surface area contributed by atoms with E-state index in [1.807, 2.05) is 25.1 Å². The fraction of sp³-hybridized carbons (Fsp3) is 0.467. The number of nitrogens with zero attached hydrogens (tertiary/aromatic N) is 2. The minimum absolute atomic E-state index is 0. The normalized spacial score (nSPS) is 17.2. The van der Waals surface area contributed by atoms with Gasteiger partial charge in [0.1, 0.15) is 5.75 Å². The number of benzene rings is 1.